The van der Waals surface area contributed by atoms with E-state index in [0.29, 0.717) is 29.9 Å². The molecule has 0 bridgehead atoms. The summed E-state index contributed by atoms with van der Waals surface area (Å²) in [5.74, 6) is 0.371. The third-order valence-corrected chi connectivity index (χ3v) is 4.76. The van der Waals surface area contributed by atoms with Crippen molar-refractivity contribution in [2.45, 2.75) is 4.90 Å². The lowest BCUT2D eigenvalue weighted by molar-refractivity contribution is 0.144. The highest BCUT2D eigenvalue weighted by Crippen LogP contribution is 2.26. The number of fused-ring (bicyclic) bond motifs is 1. The molecule has 0 fully saturated rings. The van der Waals surface area contributed by atoms with Gasteiger partial charge in [-0.15, -0.1) is 0 Å². The maximum atomic E-state index is 11.6. The summed E-state index contributed by atoms with van der Waals surface area (Å²) in [4.78, 5) is 13.1. The largest absolute Gasteiger partial charge is 0.474 e. The number of sulfone groups is 1. The topological polar surface area (TPSA) is 117 Å². The van der Waals surface area contributed by atoms with E-state index < -0.39 is 9.84 Å². The Morgan fingerprint density at radius 3 is 2.38 bits per heavy atom. The molecule has 0 atom stereocenters. The standard InChI is InChI=1S/C17H18N4O4S/c1-24-9-10-25-16-15-14(20-17(18)21-16)8-7-13(19-15)11-3-5-12(6-4-11)26(2,22)23/h3-8H,9-10H2,1-2H3,(H2,18,20,21). The molecule has 3 aromatic rings. The van der Waals surface area contributed by atoms with Crippen molar-refractivity contribution in [3.63, 3.8) is 0 Å². The number of pyridine rings is 1. The number of nitrogen functional groups attached to an aromatic ring is 1. The Morgan fingerprint density at radius 1 is 1.00 bits per heavy atom. The van der Waals surface area contributed by atoms with E-state index in [1.54, 1.807) is 43.5 Å². The van der Waals surface area contributed by atoms with Gasteiger partial charge in [0.15, 0.2) is 15.4 Å². The maximum absolute atomic E-state index is 11.6. The fraction of sp³-hybridized carbons (Fsp3) is 0.235. The number of ether oxygens (including phenoxy) is 2. The van der Waals surface area contributed by atoms with Crippen LogP contribution in [0.5, 0.6) is 5.88 Å². The van der Waals surface area contributed by atoms with E-state index in [9.17, 15) is 8.42 Å². The van der Waals surface area contributed by atoms with Crippen LogP contribution in [0.15, 0.2) is 41.3 Å². The van der Waals surface area contributed by atoms with Crippen LogP contribution in [-0.2, 0) is 14.6 Å². The smallest absolute Gasteiger partial charge is 0.245 e. The maximum Gasteiger partial charge on any atom is 0.245 e. The van der Waals surface area contributed by atoms with Crippen molar-refractivity contribution in [1.82, 2.24) is 15.0 Å². The second-order valence-electron chi connectivity index (χ2n) is 5.59. The second kappa shape index (κ2) is 7.22. The Kier molecular flexibility index (Phi) is 5.01. The van der Waals surface area contributed by atoms with Crippen LogP contribution in [0, 0.1) is 0 Å². The number of rotatable bonds is 6. The van der Waals surface area contributed by atoms with E-state index in [0.717, 1.165) is 5.56 Å². The molecule has 2 heterocycles. The van der Waals surface area contributed by atoms with Crippen LogP contribution >= 0.6 is 0 Å². The van der Waals surface area contributed by atoms with Gasteiger partial charge in [0.05, 0.1) is 22.7 Å². The molecule has 0 saturated carbocycles. The summed E-state index contributed by atoms with van der Waals surface area (Å²) >= 11 is 0. The van der Waals surface area contributed by atoms with Crippen molar-refractivity contribution < 1.29 is 17.9 Å². The van der Waals surface area contributed by atoms with Gasteiger partial charge in [-0.2, -0.15) is 4.98 Å². The molecule has 2 aromatic heterocycles. The average Bonchev–Trinajstić information content (AvgIpc) is 2.61. The number of anilines is 1. The van der Waals surface area contributed by atoms with Gasteiger partial charge in [0, 0.05) is 18.9 Å². The molecular weight excluding hydrogens is 356 g/mol. The van der Waals surface area contributed by atoms with E-state index in [-0.39, 0.29) is 16.7 Å². The van der Waals surface area contributed by atoms with Gasteiger partial charge in [0.2, 0.25) is 11.8 Å². The van der Waals surface area contributed by atoms with Crippen molar-refractivity contribution in [3.05, 3.63) is 36.4 Å². The molecule has 9 heteroatoms. The molecule has 0 saturated heterocycles. The molecule has 0 aliphatic carbocycles. The number of hydrogen-bond donors (Lipinski definition) is 1. The Labute approximate surface area is 150 Å². The van der Waals surface area contributed by atoms with Gasteiger partial charge < -0.3 is 15.2 Å². The molecule has 2 N–H and O–H groups in total. The lowest BCUT2D eigenvalue weighted by Gasteiger charge is -2.09. The van der Waals surface area contributed by atoms with Crippen molar-refractivity contribution in [2.24, 2.45) is 0 Å². The zero-order valence-electron chi connectivity index (χ0n) is 14.3. The number of hydrogen-bond acceptors (Lipinski definition) is 8. The van der Waals surface area contributed by atoms with Crippen LogP contribution in [0.1, 0.15) is 0 Å². The molecule has 0 aliphatic heterocycles. The first-order chi connectivity index (χ1) is 12.4. The highest BCUT2D eigenvalue weighted by atomic mass is 32.2. The summed E-state index contributed by atoms with van der Waals surface area (Å²) in [7, 11) is -1.67. The lowest BCUT2D eigenvalue weighted by Crippen LogP contribution is -2.08. The fourth-order valence-electron chi connectivity index (χ4n) is 2.36. The summed E-state index contributed by atoms with van der Waals surface area (Å²) in [5.41, 5.74) is 8.15. The van der Waals surface area contributed by atoms with Crippen LogP contribution in [0.25, 0.3) is 22.3 Å². The molecule has 0 spiro atoms. The monoisotopic (exact) mass is 374 g/mol. The van der Waals surface area contributed by atoms with Gasteiger partial charge in [-0.05, 0) is 24.3 Å². The van der Waals surface area contributed by atoms with Gasteiger partial charge in [-0.25, -0.2) is 18.4 Å². The summed E-state index contributed by atoms with van der Waals surface area (Å²) in [6.45, 7) is 0.703. The first-order valence-corrected chi connectivity index (χ1v) is 9.64. The molecule has 1 aromatic carbocycles. The fourth-order valence-corrected chi connectivity index (χ4v) is 2.99. The van der Waals surface area contributed by atoms with Gasteiger partial charge in [0.1, 0.15) is 6.61 Å². The number of methoxy groups -OCH3 is 1. The lowest BCUT2D eigenvalue weighted by atomic mass is 10.1. The Hall–Kier alpha value is -2.78. The quantitative estimate of drug-likeness (QED) is 0.648. The first-order valence-electron chi connectivity index (χ1n) is 7.75. The molecule has 0 amide bonds. The average molecular weight is 374 g/mol. The zero-order chi connectivity index (χ0) is 18.7. The minimum absolute atomic E-state index is 0.0944. The van der Waals surface area contributed by atoms with E-state index in [1.807, 2.05) is 0 Å². The Balaban J connectivity index is 2.02. The van der Waals surface area contributed by atoms with Crippen LogP contribution < -0.4 is 10.5 Å². The van der Waals surface area contributed by atoms with Crippen molar-refractivity contribution in [1.29, 1.82) is 0 Å². The van der Waals surface area contributed by atoms with Crippen LogP contribution in [0.2, 0.25) is 0 Å². The van der Waals surface area contributed by atoms with Crippen molar-refractivity contribution >= 4 is 26.8 Å². The Morgan fingerprint density at radius 2 is 1.73 bits per heavy atom. The van der Waals surface area contributed by atoms with E-state index in [4.69, 9.17) is 15.2 Å². The van der Waals surface area contributed by atoms with Gasteiger partial charge in [0.25, 0.3) is 0 Å². The Bertz CT molecular complexity index is 1040. The molecule has 0 unspecified atom stereocenters. The van der Waals surface area contributed by atoms with Crippen LogP contribution in [0.4, 0.5) is 5.95 Å². The molecule has 26 heavy (non-hydrogen) atoms. The van der Waals surface area contributed by atoms with E-state index >= 15 is 0 Å². The third kappa shape index (κ3) is 3.89. The summed E-state index contributed by atoms with van der Waals surface area (Å²) < 4.78 is 33.7. The molecule has 3 rings (SSSR count). The minimum atomic E-state index is -3.25. The van der Waals surface area contributed by atoms with Gasteiger partial charge >= 0.3 is 0 Å². The zero-order valence-corrected chi connectivity index (χ0v) is 15.2. The molecule has 0 aliphatic rings. The molecule has 0 radical (unpaired) electrons. The normalized spacial score (nSPS) is 11.6. The molecule has 136 valence electrons. The number of nitrogens with zero attached hydrogens (tertiary/aromatic N) is 3. The van der Waals surface area contributed by atoms with Gasteiger partial charge in [-0.3, -0.25) is 0 Å². The molecular formula is C17H18N4O4S. The first kappa shape index (κ1) is 18.0. The summed E-state index contributed by atoms with van der Waals surface area (Å²) in [6, 6.07) is 10.0. The number of aromatic nitrogens is 3. The third-order valence-electron chi connectivity index (χ3n) is 3.63. The van der Waals surface area contributed by atoms with E-state index in [2.05, 4.69) is 15.0 Å². The highest BCUT2D eigenvalue weighted by molar-refractivity contribution is 7.90. The molecule has 8 nitrogen and oxygen atoms in total. The van der Waals surface area contributed by atoms with Gasteiger partial charge in [-0.1, -0.05) is 12.1 Å². The number of benzene rings is 1. The van der Waals surface area contributed by atoms with Crippen molar-refractivity contribution in [3.8, 4) is 17.1 Å². The predicted octanol–water partition coefficient (Wildman–Crippen LogP) is 1.70. The van der Waals surface area contributed by atoms with E-state index in [1.165, 1.54) is 6.26 Å². The van der Waals surface area contributed by atoms with Crippen LogP contribution in [0.3, 0.4) is 0 Å². The predicted molar refractivity (Wildman–Crippen MR) is 97.7 cm³/mol. The van der Waals surface area contributed by atoms with Crippen molar-refractivity contribution in [2.75, 3.05) is 32.3 Å². The van der Waals surface area contributed by atoms with Crippen LogP contribution in [-0.4, -0.2) is 49.9 Å². The second-order valence-corrected chi connectivity index (χ2v) is 7.60. The summed E-state index contributed by atoms with van der Waals surface area (Å²) in [6.07, 6.45) is 1.17. The summed E-state index contributed by atoms with van der Waals surface area (Å²) in [5, 5.41) is 0. The minimum Gasteiger partial charge on any atom is -0.474 e. The SMILES string of the molecule is COCCOc1nc(N)nc2ccc(-c3ccc(S(C)(=O)=O)cc3)nc12. The number of nitrogens with two attached hydrogens (primary N) is 1. The highest BCUT2D eigenvalue weighted by Gasteiger charge is 2.12.